The third-order valence-electron chi connectivity index (χ3n) is 3.74. The second-order valence-corrected chi connectivity index (χ2v) is 5.09. The molecule has 1 aliphatic rings. The lowest BCUT2D eigenvalue weighted by atomic mass is 9.89. The summed E-state index contributed by atoms with van der Waals surface area (Å²) in [7, 11) is 0. The molecule has 3 rings (SSSR count). The Balaban J connectivity index is 2.12. The van der Waals surface area contributed by atoms with Crippen molar-refractivity contribution in [3.8, 4) is 0 Å². The van der Waals surface area contributed by atoms with Gasteiger partial charge in [0.2, 0.25) is 0 Å². The van der Waals surface area contributed by atoms with Gasteiger partial charge in [-0.15, -0.1) is 0 Å². The van der Waals surface area contributed by atoms with Crippen molar-refractivity contribution in [3.05, 3.63) is 28.9 Å². The van der Waals surface area contributed by atoms with E-state index < -0.39 is 0 Å². The van der Waals surface area contributed by atoms with Gasteiger partial charge >= 0.3 is 0 Å². The molecule has 16 heavy (non-hydrogen) atoms. The van der Waals surface area contributed by atoms with Crippen molar-refractivity contribution in [3.63, 3.8) is 0 Å². The van der Waals surface area contributed by atoms with Gasteiger partial charge in [-0.2, -0.15) is 5.10 Å². The van der Waals surface area contributed by atoms with Crippen LogP contribution < -0.4 is 5.73 Å². The van der Waals surface area contributed by atoms with Crippen LogP contribution >= 0.6 is 11.6 Å². The van der Waals surface area contributed by atoms with E-state index in [1.807, 2.05) is 6.07 Å². The van der Waals surface area contributed by atoms with Gasteiger partial charge in [0.15, 0.2) is 0 Å². The fourth-order valence-electron chi connectivity index (χ4n) is 2.43. The van der Waals surface area contributed by atoms with E-state index in [0.29, 0.717) is 5.15 Å². The van der Waals surface area contributed by atoms with Crippen molar-refractivity contribution in [1.29, 1.82) is 0 Å². The van der Waals surface area contributed by atoms with Crippen molar-refractivity contribution in [1.82, 2.24) is 10.2 Å². The highest BCUT2D eigenvalue weighted by Gasteiger charge is 2.47. The van der Waals surface area contributed by atoms with Crippen LogP contribution in [0.1, 0.15) is 25.3 Å². The SMILES string of the molecule is CC(N)C1(c2ccc3c(Cl)[nH]nc3c2)CC1. The van der Waals surface area contributed by atoms with E-state index in [4.69, 9.17) is 17.3 Å². The van der Waals surface area contributed by atoms with Crippen molar-refractivity contribution in [2.24, 2.45) is 5.73 Å². The first-order valence-corrected chi connectivity index (χ1v) is 5.91. The number of hydrogen-bond donors (Lipinski definition) is 2. The average Bonchev–Trinajstić information content (AvgIpc) is 3.00. The number of H-pyrrole nitrogens is 1. The Hall–Kier alpha value is -1.06. The molecule has 0 saturated heterocycles. The summed E-state index contributed by atoms with van der Waals surface area (Å²) in [6.07, 6.45) is 2.35. The minimum absolute atomic E-state index is 0.180. The van der Waals surface area contributed by atoms with Crippen LogP contribution in [-0.4, -0.2) is 16.2 Å². The third-order valence-corrected chi connectivity index (χ3v) is 4.03. The second-order valence-electron chi connectivity index (χ2n) is 4.71. The van der Waals surface area contributed by atoms with Gasteiger partial charge in [-0.3, -0.25) is 5.10 Å². The third kappa shape index (κ3) is 1.28. The Kier molecular flexibility index (Phi) is 2.03. The smallest absolute Gasteiger partial charge is 0.132 e. The minimum Gasteiger partial charge on any atom is -0.327 e. The normalized spacial score (nSPS) is 19.9. The molecule has 1 saturated carbocycles. The zero-order valence-corrected chi connectivity index (χ0v) is 9.88. The van der Waals surface area contributed by atoms with Crippen LogP contribution in [-0.2, 0) is 5.41 Å². The quantitative estimate of drug-likeness (QED) is 0.841. The van der Waals surface area contributed by atoms with E-state index in [0.717, 1.165) is 10.9 Å². The summed E-state index contributed by atoms with van der Waals surface area (Å²) in [6.45, 7) is 2.08. The summed E-state index contributed by atoms with van der Waals surface area (Å²) < 4.78 is 0. The fraction of sp³-hybridized carbons (Fsp3) is 0.417. The number of rotatable bonds is 2. The van der Waals surface area contributed by atoms with Crippen LogP contribution in [0.25, 0.3) is 10.9 Å². The molecule has 1 unspecified atom stereocenters. The van der Waals surface area contributed by atoms with Gasteiger partial charge in [-0.25, -0.2) is 0 Å². The lowest BCUT2D eigenvalue weighted by Gasteiger charge is -2.19. The van der Waals surface area contributed by atoms with Crippen LogP contribution in [0.3, 0.4) is 0 Å². The van der Waals surface area contributed by atoms with Crippen molar-refractivity contribution in [2.75, 3.05) is 0 Å². The van der Waals surface area contributed by atoms with Gasteiger partial charge in [0.25, 0.3) is 0 Å². The van der Waals surface area contributed by atoms with Gasteiger partial charge in [-0.05, 0) is 37.5 Å². The number of benzene rings is 1. The van der Waals surface area contributed by atoms with E-state index in [9.17, 15) is 0 Å². The molecule has 1 aliphatic carbocycles. The summed E-state index contributed by atoms with van der Waals surface area (Å²) in [6, 6.07) is 6.45. The first-order chi connectivity index (χ1) is 7.63. The highest BCUT2D eigenvalue weighted by molar-refractivity contribution is 6.34. The molecule has 1 fully saturated rings. The number of nitrogens with one attached hydrogen (secondary N) is 1. The van der Waals surface area contributed by atoms with Gasteiger partial charge in [0.05, 0.1) is 5.52 Å². The summed E-state index contributed by atoms with van der Waals surface area (Å²) in [5.74, 6) is 0. The molecule has 1 aromatic carbocycles. The molecular formula is C12H14ClN3. The summed E-state index contributed by atoms with van der Waals surface area (Å²) in [5, 5.41) is 8.55. The predicted molar refractivity (Wildman–Crippen MR) is 65.7 cm³/mol. The van der Waals surface area contributed by atoms with E-state index in [-0.39, 0.29) is 11.5 Å². The average molecular weight is 236 g/mol. The molecule has 2 aromatic rings. The number of aromatic amines is 1. The Morgan fingerprint density at radius 2 is 2.25 bits per heavy atom. The number of nitrogens with zero attached hydrogens (tertiary/aromatic N) is 1. The standard InChI is InChI=1S/C12H14ClN3/c1-7(14)12(4-5-12)8-2-3-9-10(6-8)15-16-11(9)13/h2-3,6-7H,4-5,14H2,1H3,(H,15,16). The number of halogens is 1. The summed E-state index contributed by atoms with van der Waals surface area (Å²) >= 11 is 5.97. The van der Waals surface area contributed by atoms with Crippen molar-refractivity contribution >= 4 is 22.5 Å². The van der Waals surface area contributed by atoms with Crippen LogP contribution in [0, 0.1) is 0 Å². The first kappa shape index (κ1) is 10.1. The molecule has 4 heteroatoms. The molecule has 0 aliphatic heterocycles. The molecular weight excluding hydrogens is 222 g/mol. The molecule has 1 atom stereocenters. The molecule has 1 heterocycles. The van der Waals surface area contributed by atoms with Crippen LogP contribution in [0.2, 0.25) is 5.15 Å². The zero-order chi connectivity index (χ0) is 11.3. The molecule has 1 aromatic heterocycles. The molecule has 3 N–H and O–H groups in total. The van der Waals surface area contributed by atoms with Crippen molar-refractivity contribution in [2.45, 2.75) is 31.2 Å². The topological polar surface area (TPSA) is 54.7 Å². The maximum absolute atomic E-state index is 6.06. The van der Waals surface area contributed by atoms with Crippen molar-refractivity contribution < 1.29 is 0 Å². The van der Waals surface area contributed by atoms with Crippen LogP contribution in [0.4, 0.5) is 0 Å². The monoisotopic (exact) mass is 235 g/mol. The molecule has 0 spiro atoms. The van der Waals surface area contributed by atoms with Gasteiger partial charge in [0.1, 0.15) is 5.15 Å². The predicted octanol–water partition coefficient (Wildman–Crippen LogP) is 2.60. The molecule has 84 valence electrons. The maximum Gasteiger partial charge on any atom is 0.132 e. The number of nitrogens with two attached hydrogens (primary N) is 1. The number of fused-ring (bicyclic) bond motifs is 1. The lowest BCUT2D eigenvalue weighted by molar-refractivity contribution is 0.557. The summed E-state index contributed by atoms with van der Waals surface area (Å²) in [4.78, 5) is 0. The van der Waals surface area contributed by atoms with Crippen LogP contribution in [0.15, 0.2) is 18.2 Å². The Bertz CT molecular complexity index is 540. The van der Waals surface area contributed by atoms with Crippen LogP contribution in [0.5, 0.6) is 0 Å². The largest absolute Gasteiger partial charge is 0.327 e. The van der Waals surface area contributed by atoms with Gasteiger partial charge in [0, 0.05) is 16.8 Å². The highest BCUT2D eigenvalue weighted by Crippen LogP contribution is 2.50. The van der Waals surface area contributed by atoms with E-state index >= 15 is 0 Å². The fourth-order valence-corrected chi connectivity index (χ4v) is 2.63. The number of hydrogen-bond acceptors (Lipinski definition) is 2. The zero-order valence-electron chi connectivity index (χ0n) is 9.13. The number of aromatic nitrogens is 2. The molecule has 0 amide bonds. The Morgan fingerprint density at radius 1 is 1.50 bits per heavy atom. The van der Waals surface area contributed by atoms with E-state index in [1.165, 1.54) is 18.4 Å². The molecule has 3 nitrogen and oxygen atoms in total. The molecule has 0 bridgehead atoms. The summed E-state index contributed by atoms with van der Waals surface area (Å²) in [5.41, 5.74) is 8.46. The minimum atomic E-state index is 0.180. The Morgan fingerprint density at radius 3 is 2.88 bits per heavy atom. The Labute approximate surface area is 99.0 Å². The second kappa shape index (κ2) is 3.22. The lowest BCUT2D eigenvalue weighted by Crippen LogP contribution is -2.31. The van der Waals surface area contributed by atoms with E-state index in [2.05, 4.69) is 29.3 Å². The first-order valence-electron chi connectivity index (χ1n) is 5.53. The maximum atomic E-state index is 6.06. The highest BCUT2D eigenvalue weighted by atomic mass is 35.5. The molecule has 0 radical (unpaired) electrons. The van der Waals surface area contributed by atoms with Gasteiger partial charge < -0.3 is 5.73 Å². The van der Waals surface area contributed by atoms with Gasteiger partial charge in [-0.1, -0.05) is 17.7 Å². The van der Waals surface area contributed by atoms with E-state index in [1.54, 1.807) is 0 Å².